The van der Waals surface area contributed by atoms with E-state index in [0.717, 1.165) is 24.8 Å². The predicted molar refractivity (Wildman–Crippen MR) is 81.2 cm³/mol. The van der Waals surface area contributed by atoms with Crippen LogP contribution in [0.25, 0.3) is 0 Å². The zero-order valence-electron chi connectivity index (χ0n) is 12.1. The van der Waals surface area contributed by atoms with Crippen LogP contribution < -0.4 is 4.90 Å². The molecule has 1 aliphatic rings. The Labute approximate surface area is 116 Å². The lowest BCUT2D eigenvalue weighted by Gasteiger charge is -2.29. The summed E-state index contributed by atoms with van der Waals surface area (Å²) < 4.78 is 5.72. The maximum absolute atomic E-state index is 12.0. The van der Waals surface area contributed by atoms with Gasteiger partial charge in [-0.25, -0.2) is 0 Å². The zero-order valence-corrected chi connectivity index (χ0v) is 13.1. The lowest BCUT2D eigenvalue weighted by Crippen LogP contribution is -2.37. The van der Waals surface area contributed by atoms with E-state index in [1.165, 1.54) is 5.56 Å². The van der Waals surface area contributed by atoms with Crippen LogP contribution in [0.3, 0.4) is 0 Å². The Bertz CT molecular complexity index is 454. The van der Waals surface area contributed by atoms with Crippen LogP contribution in [0.5, 0.6) is 0 Å². The minimum atomic E-state index is -1.06. The van der Waals surface area contributed by atoms with Gasteiger partial charge in [-0.1, -0.05) is 37.8 Å². The van der Waals surface area contributed by atoms with Crippen molar-refractivity contribution in [3.63, 3.8) is 0 Å². The molecular weight excluding hydrogens is 254 g/mol. The molecule has 0 N–H and O–H groups in total. The fraction of sp³-hybridized carbons (Fsp3) is 0.533. The number of anilines is 1. The van der Waals surface area contributed by atoms with E-state index in [9.17, 15) is 4.79 Å². The van der Waals surface area contributed by atoms with Gasteiger partial charge in [0.25, 0.3) is 0 Å². The van der Waals surface area contributed by atoms with E-state index >= 15 is 0 Å². The summed E-state index contributed by atoms with van der Waals surface area (Å²) >= 11 is 0. The largest absolute Gasteiger partial charge is 0.361 e. The van der Waals surface area contributed by atoms with Crippen molar-refractivity contribution in [3.05, 3.63) is 29.8 Å². The molecule has 2 rings (SSSR count). The molecule has 1 aromatic rings. The van der Waals surface area contributed by atoms with Crippen LogP contribution in [-0.2, 0) is 16.0 Å². The maximum atomic E-state index is 12.0. The number of benzene rings is 1. The van der Waals surface area contributed by atoms with Crippen LogP contribution in [0.2, 0.25) is 25.7 Å². The van der Waals surface area contributed by atoms with Gasteiger partial charge < -0.3 is 4.74 Å². The number of carbonyl (C=O) groups excluding carboxylic acids is 1. The number of rotatable bonds is 5. The van der Waals surface area contributed by atoms with Crippen molar-refractivity contribution in [2.24, 2.45) is 0 Å². The molecule has 1 aliphatic heterocycles. The third-order valence-electron chi connectivity index (χ3n) is 3.41. The Balaban J connectivity index is 1.94. The molecule has 104 valence electrons. The number of aryl methyl sites for hydroxylation is 1. The first-order valence-corrected chi connectivity index (χ1v) is 10.6. The molecule has 0 saturated carbocycles. The SMILES string of the molecule is C[Si](C)(C)CCOCN1C(=O)CCc2ccccc21. The van der Waals surface area contributed by atoms with E-state index in [1.807, 2.05) is 18.2 Å². The molecule has 3 nitrogen and oxygen atoms in total. The summed E-state index contributed by atoms with van der Waals surface area (Å²) in [6.45, 7) is 8.13. The number of hydrogen-bond acceptors (Lipinski definition) is 2. The summed E-state index contributed by atoms with van der Waals surface area (Å²) in [5.74, 6) is 0.173. The van der Waals surface area contributed by atoms with Crippen LogP contribution in [0, 0.1) is 0 Å². The first kappa shape index (κ1) is 14.3. The molecular formula is C15H23NO2Si. The summed E-state index contributed by atoms with van der Waals surface area (Å²) in [5, 5.41) is 0. The molecule has 0 radical (unpaired) electrons. The van der Waals surface area contributed by atoms with Crippen molar-refractivity contribution >= 4 is 19.7 Å². The molecule has 0 unspecified atom stereocenters. The summed E-state index contributed by atoms with van der Waals surface area (Å²) in [6, 6.07) is 9.24. The summed E-state index contributed by atoms with van der Waals surface area (Å²) in [7, 11) is -1.06. The third kappa shape index (κ3) is 3.91. The molecule has 0 atom stereocenters. The van der Waals surface area contributed by atoms with E-state index in [1.54, 1.807) is 4.90 Å². The second kappa shape index (κ2) is 5.88. The summed E-state index contributed by atoms with van der Waals surface area (Å²) in [5.41, 5.74) is 2.27. The van der Waals surface area contributed by atoms with Crippen molar-refractivity contribution in [3.8, 4) is 0 Å². The Hall–Kier alpha value is -1.13. The van der Waals surface area contributed by atoms with Crippen molar-refractivity contribution in [2.45, 2.75) is 38.5 Å². The van der Waals surface area contributed by atoms with Crippen LogP contribution in [0.15, 0.2) is 24.3 Å². The number of amides is 1. The minimum absolute atomic E-state index is 0.173. The topological polar surface area (TPSA) is 29.5 Å². The number of ether oxygens (including phenoxy) is 1. The van der Waals surface area contributed by atoms with Crippen LogP contribution >= 0.6 is 0 Å². The third-order valence-corrected chi connectivity index (χ3v) is 5.11. The molecule has 0 bridgehead atoms. The Morgan fingerprint density at radius 1 is 1.21 bits per heavy atom. The fourth-order valence-electron chi connectivity index (χ4n) is 2.17. The van der Waals surface area contributed by atoms with E-state index < -0.39 is 8.07 Å². The standard InChI is InChI=1S/C15H23NO2Si/c1-19(2,3)11-10-18-12-16-14-7-5-4-6-13(14)8-9-15(16)17/h4-7H,8-12H2,1-3H3. The van der Waals surface area contributed by atoms with Crippen LogP contribution in [0.4, 0.5) is 5.69 Å². The molecule has 1 aromatic carbocycles. The Morgan fingerprint density at radius 3 is 2.68 bits per heavy atom. The zero-order chi connectivity index (χ0) is 13.9. The maximum Gasteiger partial charge on any atom is 0.229 e. The fourth-order valence-corrected chi connectivity index (χ4v) is 2.93. The van der Waals surface area contributed by atoms with E-state index in [0.29, 0.717) is 13.2 Å². The molecule has 1 heterocycles. The van der Waals surface area contributed by atoms with Gasteiger partial charge in [0, 0.05) is 26.8 Å². The number of para-hydroxylation sites is 1. The van der Waals surface area contributed by atoms with Gasteiger partial charge in [-0.15, -0.1) is 0 Å². The van der Waals surface area contributed by atoms with E-state index in [-0.39, 0.29) is 5.91 Å². The first-order chi connectivity index (χ1) is 8.97. The second-order valence-corrected chi connectivity index (χ2v) is 11.9. The summed E-state index contributed by atoms with van der Waals surface area (Å²) in [4.78, 5) is 13.8. The highest BCUT2D eigenvalue weighted by Crippen LogP contribution is 2.27. The highest BCUT2D eigenvalue weighted by atomic mass is 28.3. The minimum Gasteiger partial charge on any atom is -0.361 e. The van der Waals surface area contributed by atoms with Gasteiger partial charge in [0.1, 0.15) is 6.73 Å². The molecule has 0 spiro atoms. The highest BCUT2D eigenvalue weighted by molar-refractivity contribution is 6.76. The van der Waals surface area contributed by atoms with E-state index in [2.05, 4.69) is 25.7 Å². The molecule has 4 heteroatoms. The first-order valence-electron chi connectivity index (χ1n) is 6.93. The van der Waals surface area contributed by atoms with Crippen molar-refractivity contribution in [2.75, 3.05) is 18.2 Å². The van der Waals surface area contributed by atoms with Gasteiger partial charge in [-0.2, -0.15) is 0 Å². The van der Waals surface area contributed by atoms with Crippen molar-refractivity contribution in [1.82, 2.24) is 0 Å². The number of carbonyl (C=O) groups is 1. The monoisotopic (exact) mass is 277 g/mol. The van der Waals surface area contributed by atoms with Crippen molar-refractivity contribution in [1.29, 1.82) is 0 Å². The van der Waals surface area contributed by atoms with Gasteiger partial charge in [0.15, 0.2) is 0 Å². The van der Waals surface area contributed by atoms with Gasteiger partial charge >= 0.3 is 0 Å². The van der Waals surface area contributed by atoms with Gasteiger partial charge in [0.2, 0.25) is 5.91 Å². The summed E-state index contributed by atoms with van der Waals surface area (Å²) in [6.07, 6.45) is 1.44. The number of hydrogen-bond donors (Lipinski definition) is 0. The lowest BCUT2D eigenvalue weighted by atomic mass is 10.0. The van der Waals surface area contributed by atoms with Gasteiger partial charge in [-0.3, -0.25) is 9.69 Å². The lowest BCUT2D eigenvalue weighted by molar-refractivity contribution is -0.120. The molecule has 19 heavy (non-hydrogen) atoms. The highest BCUT2D eigenvalue weighted by Gasteiger charge is 2.23. The molecule has 0 aromatic heterocycles. The van der Waals surface area contributed by atoms with Crippen LogP contribution in [-0.4, -0.2) is 27.3 Å². The molecule has 1 amide bonds. The van der Waals surface area contributed by atoms with Crippen molar-refractivity contribution < 1.29 is 9.53 Å². The second-order valence-electron chi connectivity index (χ2n) is 6.30. The number of fused-ring (bicyclic) bond motifs is 1. The van der Waals surface area contributed by atoms with E-state index in [4.69, 9.17) is 4.74 Å². The molecule has 0 fully saturated rings. The number of nitrogens with zero attached hydrogens (tertiary/aromatic N) is 1. The molecule has 0 aliphatic carbocycles. The molecule has 0 saturated heterocycles. The van der Waals surface area contributed by atoms with Crippen LogP contribution in [0.1, 0.15) is 12.0 Å². The van der Waals surface area contributed by atoms with Gasteiger partial charge in [0.05, 0.1) is 0 Å². The predicted octanol–water partition coefficient (Wildman–Crippen LogP) is 3.28. The smallest absolute Gasteiger partial charge is 0.229 e. The normalized spacial score (nSPS) is 15.5. The average molecular weight is 277 g/mol. The quantitative estimate of drug-likeness (QED) is 0.610. The van der Waals surface area contributed by atoms with Gasteiger partial charge in [-0.05, 0) is 24.1 Å². The Kier molecular flexibility index (Phi) is 4.42. The average Bonchev–Trinajstić information content (AvgIpc) is 2.35. The Morgan fingerprint density at radius 2 is 1.95 bits per heavy atom.